The van der Waals surface area contributed by atoms with Crippen molar-refractivity contribution in [3.63, 3.8) is 0 Å². The van der Waals surface area contributed by atoms with Crippen LogP contribution in [-0.4, -0.2) is 9.55 Å². The molecule has 0 aliphatic heterocycles. The fourth-order valence-electron chi connectivity index (χ4n) is 1.58. The van der Waals surface area contributed by atoms with Gasteiger partial charge in [-0.05, 0) is 12.8 Å². The molecule has 0 bridgehead atoms. The van der Waals surface area contributed by atoms with Crippen molar-refractivity contribution in [2.24, 2.45) is 5.41 Å². The summed E-state index contributed by atoms with van der Waals surface area (Å²) in [6, 6.07) is 2.39. The fraction of sp³-hybridized carbons (Fsp3) is 0.600. The molecule has 0 unspecified atom stereocenters. The molecule has 1 aliphatic rings. The topological polar surface area (TPSA) is 41.6 Å². The number of hydrogen-bond acceptors (Lipinski definition) is 2. The molecule has 1 aromatic heterocycles. The number of hydrogen-bond donors (Lipinski definition) is 0. The molecular weight excluding hydrogens is 162 g/mol. The predicted octanol–water partition coefficient (Wildman–Crippen LogP) is 1.75. The Morgan fingerprint density at radius 3 is 3.00 bits per heavy atom. The maximum absolute atomic E-state index is 8.94. The fourth-order valence-corrected chi connectivity index (χ4v) is 1.58. The molecule has 0 atom stereocenters. The van der Waals surface area contributed by atoms with Gasteiger partial charge in [0.25, 0.3) is 0 Å². The third-order valence-corrected chi connectivity index (χ3v) is 2.68. The summed E-state index contributed by atoms with van der Waals surface area (Å²) in [5, 5.41) is 8.94. The lowest BCUT2D eigenvalue weighted by Gasteiger charge is -2.09. The van der Waals surface area contributed by atoms with Gasteiger partial charge in [0.1, 0.15) is 5.82 Å². The van der Waals surface area contributed by atoms with E-state index in [1.54, 1.807) is 0 Å². The second-order valence-corrected chi connectivity index (χ2v) is 3.72. The summed E-state index contributed by atoms with van der Waals surface area (Å²) in [7, 11) is 0. The Hall–Kier alpha value is -1.30. The zero-order valence-corrected chi connectivity index (χ0v) is 7.82. The van der Waals surface area contributed by atoms with E-state index in [1.165, 1.54) is 0 Å². The van der Waals surface area contributed by atoms with Gasteiger partial charge in [-0.25, -0.2) is 4.98 Å². The lowest BCUT2D eigenvalue weighted by molar-refractivity contribution is 0.512. The Labute approximate surface area is 78.0 Å². The molecule has 1 saturated carbocycles. The third-order valence-electron chi connectivity index (χ3n) is 2.68. The van der Waals surface area contributed by atoms with Gasteiger partial charge in [0.2, 0.25) is 0 Å². The van der Waals surface area contributed by atoms with Gasteiger partial charge in [-0.2, -0.15) is 5.26 Å². The van der Waals surface area contributed by atoms with Crippen LogP contribution in [0.4, 0.5) is 0 Å². The van der Waals surface area contributed by atoms with Crippen LogP contribution in [0.15, 0.2) is 12.4 Å². The first-order chi connectivity index (χ1) is 6.29. The number of rotatable bonds is 3. The second kappa shape index (κ2) is 2.88. The van der Waals surface area contributed by atoms with Gasteiger partial charge >= 0.3 is 0 Å². The Bertz CT molecular complexity index is 341. The standard InChI is InChI=1S/C10H13N3/c1-2-9-12-5-6-13(9)8-10(7-11)3-4-10/h5-6H,2-4,8H2,1H3. The summed E-state index contributed by atoms with van der Waals surface area (Å²) in [5.74, 6) is 1.08. The van der Waals surface area contributed by atoms with Gasteiger partial charge in [0.15, 0.2) is 0 Å². The Kier molecular flexibility index (Phi) is 1.84. The van der Waals surface area contributed by atoms with E-state index in [2.05, 4.69) is 22.5 Å². The zero-order chi connectivity index (χ0) is 9.31. The Balaban J connectivity index is 2.14. The summed E-state index contributed by atoms with van der Waals surface area (Å²) in [5.41, 5.74) is -0.0649. The van der Waals surface area contributed by atoms with Crippen LogP contribution in [0, 0.1) is 16.7 Å². The van der Waals surface area contributed by atoms with Gasteiger partial charge in [-0.1, -0.05) is 6.92 Å². The van der Waals surface area contributed by atoms with Gasteiger partial charge in [0.05, 0.1) is 11.5 Å². The summed E-state index contributed by atoms with van der Waals surface area (Å²) >= 11 is 0. The van der Waals surface area contributed by atoms with E-state index in [0.29, 0.717) is 0 Å². The van der Waals surface area contributed by atoms with Crippen molar-refractivity contribution < 1.29 is 0 Å². The molecular formula is C10H13N3. The average molecular weight is 175 g/mol. The van der Waals surface area contributed by atoms with E-state index in [4.69, 9.17) is 5.26 Å². The second-order valence-electron chi connectivity index (χ2n) is 3.72. The summed E-state index contributed by atoms with van der Waals surface area (Å²) < 4.78 is 2.11. The van der Waals surface area contributed by atoms with E-state index in [0.717, 1.165) is 31.6 Å². The first-order valence-corrected chi connectivity index (χ1v) is 4.71. The monoisotopic (exact) mass is 175 g/mol. The highest BCUT2D eigenvalue weighted by Crippen LogP contribution is 2.46. The van der Waals surface area contributed by atoms with E-state index in [1.807, 2.05) is 12.4 Å². The summed E-state index contributed by atoms with van der Waals surface area (Å²) in [6.45, 7) is 2.91. The number of aromatic nitrogens is 2. The molecule has 0 radical (unpaired) electrons. The molecule has 3 heteroatoms. The van der Waals surface area contributed by atoms with Crippen molar-refractivity contribution in [2.45, 2.75) is 32.7 Å². The van der Waals surface area contributed by atoms with Crippen molar-refractivity contribution in [3.8, 4) is 6.07 Å². The quantitative estimate of drug-likeness (QED) is 0.702. The summed E-state index contributed by atoms with van der Waals surface area (Å²) in [4.78, 5) is 4.23. The molecule has 13 heavy (non-hydrogen) atoms. The average Bonchev–Trinajstić information content (AvgIpc) is 2.78. The van der Waals surface area contributed by atoms with Crippen LogP contribution in [0.5, 0.6) is 0 Å². The lowest BCUT2D eigenvalue weighted by atomic mass is 10.1. The van der Waals surface area contributed by atoms with E-state index >= 15 is 0 Å². The molecule has 2 rings (SSSR count). The maximum Gasteiger partial charge on any atom is 0.108 e. The smallest absolute Gasteiger partial charge is 0.108 e. The van der Waals surface area contributed by atoms with Gasteiger partial charge < -0.3 is 4.57 Å². The van der Waals surface area contributed by atoms with Crippen molar-refractivity contribution in [1.82, 2.24) is 9.55 Å². The molecule has 0 saturated heterocycles. The molecule has 1 heterocycles. The van der Waals surface area contributed by atoms with Crippen LogP contribution >= 0.6 is 0 Å². The molecule has 3 nitrogen and oxygen atoms in total. The minimum atomic E-state index is -0.0649. The first kappa shape index (κ1) is 8.31. The van der Waals surface area contributed by atoms with E-state index in [-0.39, 0.29) is 5.41 Å². The zero-order valence-electron chi connectivity index (χ0n) is 7.82. The largest absolute Gasteiger partial charge is 0.333 e. The number of nitriles is 1. The van der Waals surface area contributed by atoms with Crippen molar-refractivity contribution in [3.05, 3.63) is 18.2 Å². The molecule has 1 aromatic rings. The molecule has 68 valence electrons. The highest BCUT2D eigenvalue weighted by molar-refractivity contribution is 5.11. The highest BCUT2D eigenvalue weighted by Gasteiger charge is 2.43. The number of imidazole rings is 1. The van der Waals surface area contributed by atoms with Crippen molar-refractivity contribution >= 4 is 0 Å². The third kappa shape index (κ3) is 1.44. The maximum atomic E-state index is 8.94. The van der Waals surface area contributed by atoms with Crippen LogP contribution in [0.3, 0.4) is 0 Å². The van der Waals surface area contributed by atoms with Crippen LogP contribution in [0.2, 0.25) is 0 Å². The van der Waals surface area contributed by atoms with Gasteiger partial charge in [-0.3, -0.25) is 0 Å². The number of aryl methyl sites for hydroxylation is 1. The minimum Gasteiger partial charge on any atom is -0.333 e. The molecule has 1 aliphatic carbocycles. The first-order valence-electron chi connectivity index (χ1n) is 4.71. The van der Waals surface area contributed by atoms with Gasteiger partial charge in [0, 0.05) is 25.4 Å². The van der Waals surface area contributed by atoms with E-state index < -0.39 is 0 Å². The predicted molar refractivity (Wildman–Crippen MR) is 48.9 cm³/mol. The molecule has 1 fully saturated rings. The normalized spacial score (nSPS) is 18.2. The Morgan fingerprint density at radius 2 is 2.46 bits per heavy atom. The van der Waals surface area contributed by atoms with E-state index in [9.17, 15) is 0 Å². The molecule has 0 spiro atoms. The van der Waals surface area contributed by atoms with Crippen LogP contribution in [0.25, 0.3) is 0 Å². The lowest BCUT2D eigenvalue weighted by Crippen LogP contribution is -2.11. The van der Waals surface area contributed by atoms with Crippen LogP contribution < -0.4 is 0 Å². The minimum absolute atomic E-state index is 0.0649. The SMILES string of the molecule is CCc1nccn1CC1(C#N)CC1. The highest BCUT2D eigenvalue weighted by atomic mass is 15.1. The molecule has 0 amide bonds. The van der Waals surface area contributed by atoms with Gasteiger partial charge in [-0.15, -0.1) is 0 Å². The Morgan fingerprint density at radius 1 is 1.69 bits per heavy atom. The number of nitrogens with zero attached hydrogens (tertiary/aromatic N) is 3. The summed E-state index contributed by atoms with van der Waals surface area (Å²) in [6.07, 6.45) is 6.81. The van der Waals surface area contributed by atoms with Crippen molar-refractivity contribution in [2.75, 3.05) is 0 Å². The van der Waals surface area contributed by atoms with Crippen molar-refractivity contribution in [1.29, 1.82) is 5.26 Å². The molecule has 0 aromatic carbocycles. The van der Waals surface area contributed by atoms with Crippen LogP contribution in [-0.2, 0) is 13.0 Å². The van der Waals surface area contributed by atoms with Crippen LogP contribution in [0.1, 0.15) is 25.6 Å². The molecule has 0 N–H and O–H groups in total.